The predicted octanol–water partition coefficient (Wildman–Crippen LogP) is 5.45. The summed E-state index contributed by atoms with van der Waals surface area (Å²) in [4.78, 5) is 7.50. The lowest BCUT2D eigenvalue weighted by Gasteiger charge is -2.33. The molecule has 3 heterocycles. The molecule has 4 aromatic rings. The van der Waals surface area contributed by atoms with Crippen LogP contribution in [0.15, 0.2) is 60.7 Å². The van der Waals surface area contributed by atoms with Crippen molar-refractivity contribution in [3.8, 4) is 11.1 Å². The van der Waals surface area contributed by atoms with Crippen LogP contribution in [0.2, 0.25) is 0 Å². The van der Waals surface area contributed by atoms with Gasteiger partial charge in [0.15, 0.2) is 0 Å². The maximum absolute atomic E-state index is 4.94. The maximum Gasteiger partial charge on any atom is 0.0737 e. The van der Waals surface area contributed by atoms with Gasteiger partial charge in [0.1, 0.15) is 0 Å². The summed E-state index contributed by atoms with van der Waals surface area (Å²) in [5.41, 5.74) is 9.06. The van der Waals surface area contributed by atoms with E-state index in [9.17, 15) is 0 Å². The third kappa shape index (κ3) is 1.35. The van der Waals surface area contributed by atoms with Crippen LogP contribution in [0.4, 0.5) is 11.4 Å². The molecule has 2 nitrogen and oxygen atoms in total. The van der Waals surface area contributed by atoms with Gasteiger partial charge in [0, 0.05) is 22.4 Å². The molecule has 2 aliphatic heterocycles. The van der Waals surface area contributed by atoms with Gasteiger partial charge in [-0.25, -0.2) is 4.98 Å². The van der Waals surface area contributed by atoms with Gasteiger partial charge in [0.25, 0.3) is 0 Å². The van der Waals surface area contributed by atoms with Crippen LogP contribution < -0.4 is 4.90 Å². The van der Waals surface area contributed by atoms with Crippen molar-refractivity contribution >= 4 is 33.2 Å². The Bertz CT molecular complexity index is 1160. The van der Waals surface area contributed by atoms with E-state index >= 15 is 0 Å². The Hall–Kier alpha value is -2.87. The minimum Gasteiger partial charge on any atom is -0.336 e. The molecule has 0 saturated carbocycles. The highest BCUT2D eigenvalue weighted by Crippen LogP contribution is 2.54. The van der Waals surface area contributed by atoms with Crippen molar-refractivity contribution in [2.45, 2.75) is 19.4 Å². The molecule has 0 radical (unpaired) electrons. The number of hydrogen-bond acceptors (Lipinski definition) is 2. The molecule has 0 spiro atoms. The molecule has 1 unspecified atom stereocenters. The van der Waals surface area contributed by atoms with Gasteiger partial charge in [-0.3, -0.25) is 0 Å². The van der Waals surface area contributed by atoms with E-state index in [1.54, 1.807) is 0 Å². The first kappa shape index (κ1) is 12.5. The lowest BCUT2D eigenvalue weighted by Crippen LogP contribution is -2.26. The summed E-state index contributed by atoms with van der Waals surface area (Å²) in [7, 11) is 0. The van der Waals surface area contributed by atoms with Gasteiger partial charge in [0.05, 0.1) is 22.4 Å². The largest absolute Gasteiger partial charge is 0.336 e. The normalized spacial score (nSPS) is 17.5. The molecule has 3 aromatic carbocycles. The summed E-state index contributed by atoms with van der Waals surface area (Å²) >= 11 is 0. The Kier molecular flexibility index (Phi) is 2.17. The van der Waals surface area contributed by atoms with Gasteiger partial charge in [-0.1, -0.05) is 48.5 Å². The Morgan fingerprint density at radius 3 is 2.58 bits per heavy atom. The average molecular weight is 308 g/mol. The SMILES string of the molecule is CC1Cc2cccc3c2N1c1c2ccccc2nc2cccc-3c12. The fourth-order valence-electron chi connectivity index (χ4n) is 4.61. The fourth-order valence-corrected chi connectivity index (χ4v) is 4.61. The average Bonchev–Trinajstić information content (AvgIpc) is 2.95. The first-order valence-corrected chi connectivity index (χ1v) is 8.56. The molecule has 0 saturated heterocycles. The van der Waals surface area contributed by atoms with Crippen molar-refractivity contribution in [3.63, 3.8) is 0 Å². The highest BCUT2D eigenvalue weighted by molar-refractivity contribution is 6.19. The second kappa shape index (κ2) is 4.15. The van der Waals surface area contributed by atoms with E-state index in [0.717, 1.165) is 17.5 Å². The van der Waals surface area contributed by atoms with Gasteiger partial charge < -0.3 is 4.90 Å². The lowest BCUT2D eigenvalue weighted by atomic mass is 9.91. The topological polar surface area (TPSA) is 16.1 Å². The molecular formula is C22H16N2. The highest BCUT2D eigenvalue weighted by atomic mass is 15.2. The van der Waals surface area contributed by atoms with E-state index in [1.165, 1.54) is 38.8 Å². The summed E-state index contributed by atoms with van der Waals surface area (Å²) < 4.78 is 0. The van der Waals surface area contributed by atoms with E-state index in [0.29, 0.717) is 6.04 Å². The molecule has 1 aromatic heterocycles. The quantitative estimate of drug-likeness (QED) is 0.401. The van der Waals surface area contributed by atoms with Crippen LogP contribution in [0.25, 0.3) is 32.9 Å². The van der Waals surface area contributed by atoms with Crippen LogP contribution in [0, 0.1) is 0 Å². The lowest BCUT2D eigenvalue weighted by molar-refractivity contribution is 0.762. The van der Waals surface area contributed by atoms with Gasteiger partial charge in [-0.2, -0.15) is 0 Å². The van der Waals surface area contributed by atoms with Crippen LogP contribution in [-0.2, 0) is 6.42 Å². The Morgan fingerprint density at radius 2 is 1.62 bits per heavy atom. The minimum absolute atomic E-state index is 0.475. The molecule has 0 bridgehead atoms. The van der Waals surface area contributed by atoms with Gasteiger partial charge in [0.2, 0.25) is 0 Å². The number of benzene rings is 3. The third-order valence-electron chi connectivity index (χ3n) is 5.53. The van der Waals surface area contributed by atoms with E-state index < -0.39 is 0 Å². The highest BCUT2D eigenvalue weighted by Gasteiger charge is 2.36. The van der Waals surface area contributed by atoms with E-state index in [-0.39, 0.29) is 0 Å². The third-order valence-corrected chi connectivity index (χ3v) is 5.53. The fraction of sp³-hybridized carbons (Fsp3) is 0.136. The molecule has 0 aliphatic carbocycles. The molecule has 0 fully saturated rings. The van der Waals surface area contributed by atoms with Crippen LogP contribution in [0.1, 0.15) is 12.5 Å². The van der Waals surface area contributed by atoms with Crippen LogP contribution >= 0.6 is 0 Å². The molecule has 0 amide bonds. The Balaban J connectivity index is 1.92. The van der Waals surface area contributed by atoms with Gasteiger partial charge in [-0.15, -0.1) is 0 Å². The predicted molar refractivity (Wildman–Crippen MR) is 100.0 cm³/mol. The molecule has 114 valence electrons. The van der Waals surface area contributed by atoms with E-state index in [2.05, 4.69) is 72.5 Å². The Morgan fingerprint density at radius 1 is 0.833 bits per heavy atom. The van der Waals surface area contributed by atoms with Crippen LogP contribution in [0.3, 0.4) is 0 Å². The smallest absolute Gasteiger partial charge is 0.0737 e. The van der Waals surface area contributed by atoms with Crippen molar-refractivity contribution in [2.24, 2.45) is 0 Å². The number of aromatic nitrogens is 1. The molecule has 2 heteroatoms. The molecule has 24 heavy (non-hydrogen) atoms. The summed E-state index contributed by atoms with van der Waals surface area (Å²) in [5, 5.41) is 2.56. The molecule has 0 N–H and O–H groups in total. The summed E-state index contributed by atoms with van der Waals surface area (Å²) in [6.45, 7) is 2.33. The molecule has 6 rings (SSSR count). The standard InChI is InChI=1S/C22H16N2/c1-13-12-14-6-4-9-16-15-8-5-11-19-20(15)22(24(13)21(14)16)17-7-2-3-10-18(17)23-19/h2-11,13H,12H2,1H3. The number of hydrogen-bond donors (Lipinski definition) is 0. The van der Waals surface area contributed by atoms with Crippen molar-refractivity contribution in [2.75, 3.05) is 4.90 Å². The van der Waals surface area contributed by atoms with Crippen molar-refractivity contribution in [1.29, 1.82) is 0 Å². The van der Waals surface area contributed by atoms with Gasteiger partial charge >= 0.3 is 0 Å². The Labute approximate surface area is 140 Å². The second-order valence-electron chi connectivity index (χ2n) is 6.91. The van der Waals surface area contributed by atoms with Crippen LogP contribution in [-0.4, -0.2) is 11.0 Å². The second-order valence-corrected chi connectivity index (χ2v) is 6.91. The number of para-hydroxylation sites is 2. The summed E-state index contributed by atoms with van der Waals surface area (Å²) in [5.74, 6) is 0. The minimum atomic E-state index is 0.475. The zero-order valence-corrected chi connectivity index (χ0v) is 13.5. The number of pyridine rings is 1. The molecule has 1 atom stereocenters. The van der Waals surface area contributed by atoms with Crippen molar-refractivity contribution < 1.29 is 0 Å². The summed E-state index contributed by atoms with van der Waals surface area (Å²) in [6.07, 6.45) is 1.11. The first-order chi connectivity index (χ1) is 11.8. The summed E-state index contributed by atoms with van der Waals surface area (Å²) in [6, 6.07) is 22.3. The number of nitrogens with zero attached hydrogens (tertiary/aromatic N) is 2. The first-order valence-electron chi connectivity index (χ1n) is 8.56. The van der Waals surface area contributed by atoms with E-state index in [4.69, 9.17) is 4.98 Å². The van der Waals surface area contributed by atoms with E-state index in [1.807, 2.05) is 0 Å². The van der Waals surface area contributed by atoms with Crippen LogP contribution in [0.5, 0.6) is 0 Å². The zero-order chi connectivity index (χ0) is 15.8. The van der Waals surface area contributed by atoms with Crippen molar-refractivity contribution in [1.82, 2.24) is 4.98 Å². The maximum atomic E-state index is 4.94. The zero-order valence-electron chi connectivity index (χ0n) is 13.5. The molecule has 2 aliphatic rings. The molecular weight excluding hydrogens is 292 g/mol. The van der Waals surface area contributed by atoms with Crippen molar-refractivity contribution in [3.05, 3.63) is 66.2 Å². The number of rotatable bonds is 0. The van der Waals surface area contributed by atoms with Gasteiger partial charge in [-0.05, 0) is 36.6 Å². The number of fused-ring (bicyclic) bond motifs is 4. The monoisotopic (exact) mass is 308 g/mol. The number of anilines is 2.